The first kappa shape index (κ1) is 11.7. The van der Waals surface area contributed by atoms with E-state index in [9.17, 15) is 0 Å². The van der Waals surface area contributed by atoms with Crippen LogP contribution in [0, 0.1) is 0 Å². The maximum absolute atomic E-state index is 5.55. The summed E-state index contributed by atoms with van der Waals surface area (Å²) in [5.74, 6) is 0. The Labute approximate surface area is 73.6 Å². The van der Waals surface area contributed by atoms with Crippen molar-refractivity contribution in [1.82, 2.24) is 0 Å². The Morgan fingerprint density at radius 3 is 1.27 bits per heavy atom. The summed E-state index contributed by atoms with van der Waals surface area (Å²) in [7, 11) is 0. The second-order valence-corrected chi connectivity index (χ2v) is 18.0. The third kappa shape index (κ3) is 5.00. The second kappa shape index (κ2) is 6.22. The molecule has 0 aromatic rings. The summed E-state index contributed by atoms with van der Waals surface area (Å²) in [4.78, 5) is 2.42. The van der Waals surface area contributed by atoms with E-state index in [1.807, 2.05) is 0 Å². The zero-order valence-corrected chi connectivity index (χ0v) is 10.3. The van der Waals surface area contributed by atoms with Crippen molar-refractivity contribution < 1.29 is 0 Å². The predicted octanol–water partition coefficient (Wildman–Crippen LogP) is -0.0589. The standard InChI is InChI=1S/3C2H6N.CH3.Sn/c3*1-2-3;;/h3*1-3H2;1H3;. The Hall–Kier alpha value is 0.679. The van der Waals surface area contributed by atoms with Crippen molar-refractivity contribution in [2.24, 2.45) is 17.2 Å². The Kier molecular flexibility index (Phi) is 6.61. The number of nitrogens with two attached hydrogens (primary N) is 3. The molecule has 11 heavy (non-hydrogen) atoms. The molecule has 0 aliphatic heterocycles. The average Bonchev–Trinajstić information content (AvgIpc) is 1.88. The summed E-state index contributed by atoms with van der Waals surface area (Å²) in [6, 6.07) is 0. The second-order valence-electron chi connectivity index (χ2n) is 3.43. The van der Waals surface area contributed by atoms with Crippen molar-refractivity contribution in [3.63, 3.8) is 0 Å². The molecule has 3 nitrogen and oxygen atoms in total. The maximum atomic E-state index is 5.55. The van der Waals surface area contributed by atoms with Gasteiger partial charge >= 0.3 is 73.5 Å². The summed E-state index contributed by atoms with van der Waals surface area (Å²) in [6.07, 6.45) is 0. The van der Waals surface area contributed by atoms with Crippen LogP contribution >= 0.6 is 0 Å². The molecular formula is C7H21N3Sn. The average molecular weight is 266 g/mol. The van der Waals surface area contributed by atoms with Crippen LogP contribution in [0.2, 0.25) is 18.2 Å². The Morgan fingerprint density at radius 2 is 1.09 bits per heavy atom. The van der Waals surface area contributed by atoms with Crippen LogP contribution in [-0.2, 0) is 0 Å². The van der Waals surface area contributed by atoms with Gasteiger partial charge in [-0.2, -0.15) is 0 Å². The van der Waals surface area contributed by atoms with E-state index in [1.165, 1.54) is 13.3 Å². The summed E-state index contributed by atoms with van der Waals surface area (Å²) in [5.41, 5.74) is 16.6. The van der Waals surface area contributed by atoms with E-state index in [1.54, 1.807) is 0 Å². The minimum atomic E-state index is -1.84. The minimum absolute atomic E-state index is 0.826. The normalized spacial score (nSPS) is 12.0. The summed E-state index contributed by atoms with van der Waals surface area (Å²) in [6.45, 7) is 2.48. The first-order valence-corrected chi connectivity index (χ1v) is 13.2. The van der Waals surface area contributed by atoms with Gasteiger partial charge in [-0.3, -0.25) is 0 Å². The molecular weight excluding hydrogens is 245 g/mol. The van der Waals surface area contributed by atoms with Crippen molar-refractivity contribution in [2.45, 2.75) is 18.2 Å². The SMILES string of the molecule is [CH3][Sn]([CH2]CN)([CH2]CN)[CH2]CN. The Morgan fingerprint density at radius 1 is 0.818 bits per heavy atom. The van der Waals surface area contributed by atoms with Gasteiger partial charge in [-0.05, 0) is 0 Å². The third-order valence-corrected chi connectivity index (χ3v) is 15.1. The quantitative estimate of drug-likeness (QED) is 0.589. The van der Waals surface area contributed by atoms with E-state index < -0.39 is 18.4 Å². The molecule has 0 aliphatic rings. The van der Waals surface area contributed by atoms with Crippen LogP contribution < -0.4 is 17.2 Å². The molecule has 4 heteroatoms. The van der Waals surface area contributed by atoms with Gasteiger partial charge in [0.15, 0.2) is 0 Å². The van der Waals surface area contributed by atoms with E-state index in [0.29, 0.717) is 0 Å². The molecule has 0 fully saturated rings. The van der Waals surface area contributed by atoms with E-state index in [4.69, 9.17) is 17.2 Å². The van der Waals surface area contributed by atoms with Gasteiger partial charge in [0.05, 0.1) is 0 Å². The fraction of sp³-hybridized carbons (Fsp3) is 1.00. The van der Waals surface area contributed by atoms with Crippen LogP contribution in [0.1, 0.15) is 0 Å². The van der Waals surface area contributed by atoms with Crippen LogP contribution in [-0.4, -0.2) is 38.0 Å². The molecule has 0 bridgehead atoms. The van der Waals surface area contributed by atoms with Crippen LogP contribution in [0.5, 0.6) is 0 Å². The van der Waals surface area contributed by atoms with Gasteiger partial charge in [0.1, 0.15) is 0 Å². The zero-order chi connectivity index (χ0) is 8.74. The van der Waals surface area contributed by atoms with Gasteiger partial charge in [-0.25, -0.2) is 0 Å². The molecule has 0 unspecified atom stereocenters. The zero-order valence-electron chi connectivity index (χ0n) is 7.47. The van der Waals surface area contributed by atoms with Gasteiger partial charge in [-0.15, -0.1) is 0 Å². The molecule has 0 spiro atoms. The molecule has 0 aromatic heterocycles. The first-order chi connectivity index (χ1) is 5.18. The monoisotopic (exact) mass is 267 g/mol. The molecule has 0 rings (SSSR count). The molecule has 0 heterocycles. The topological polar surface area (TPSA) is 78.1 Å². The molecule has 0 radical (unpaired) electrons. The molecule has 0 saturated carbocycles. The van der Waals surface area contributed by atoms with Crippen molar-refractivity contribution in [3.8, 4) is 0 Å². The Balaban J connectivity index is 3.79. The van der Waals surface area contributed by atoms with Gasteiger partial charge in [0.25, 0.3) is 0 Å². The van der Waals surface area contributed by atoms with E-state index in [0.717, 1.165) is 19.6 Å². The number of hydrogen-bond acceptors (Lipinski definition) is 3. The molecule has 0 atom stereocenters. The van der Waals surface area contributed by atoms with E-state index >= 15 is 0 Å². The van der Waals surface area contributed by atoms with Crippen molar-refractivity contribution >= 4 is 18.4 Å². The first-order valence-electron chi connectivity index (χ1n) is 4.29. The summed E-state index contributed by atoms with van der Waals surface area (Å²) >= 11 is -1.84. The molecule has 0 amide bonds. The van der Waals surface area contributed by atoms with Crippen molar-refractivity contribution in [1.29, 1.82) is 0 Å². The predicted molar refractivity (Wildman–Crippen MR) is 53.2 cm³/mol. The van der Waals surface area contributed by atoms with Gasteiger partial charge in [-0.1, -0.05) is 0 Å². The fourth-order valence-corrected chi connectivity index (χ4v) is 9.53. The molecule has 6 N–H and O–H groups in total. The third-order valence-electron chi connectivity index (χ3n) is 2.24. The van der Waals surface area contributed by atoms with Crippen molar-refractivity contribution in [2.75, 3.05) is 19.6 Å². The van der Waals surface area contributed by atoms with Crippen LogP contribution in [0.15, 0.2) is 0 Å². The van der Waals surface area contributed by atoms with E-state index in [2.05, 4.69) is 4.94 Å². The molecule has 0 aliphatic carbocycles. The molecule has 0 aromatic carbocycles. The van der Waals surface area contributed by atoms with Crippen LogP contribution in [0.3, 0.4) is 0 Å². The number of rotatable bonds is 6. The number of hydrogen-bond donors (Lipinski definition) is 3. The van der Waals surface area contributed by atoms with Gasteiger partial charge in [0.2, 0.25) is 0 Å². The summed E-state index contributed by atoms with van der Waals surface area (Å²) < 4.78 is 3.72. The fourth-order valence-electron chi connectivity index (χ4n) is 1.42. The van der Waals surface area contributed by atoms with Crippen LogP contribution in [0.4, 0.5) is 0 Å². The summed E-state index contributed by atoms with van der Waals surface area (Å²) in [5, 5.41) is 0. The van der Waals surface area contributed by atoms with Gasteiger partial charge < -0.3 is 0 Å². The Bertz CT molecular complexity index is 80.7. The van der Waals surface area contributed by atoms with Crippen molar-refractivity contribution in [3.05, 3.63) is 0 Å². The van der Waals surface area contributed by atoms with Gasteiger partial charge in [0, 0.05) is 0 Å². The van der Waals surface area contributed by atoms with Crippen LogP contribution in [0.25, 0.3) is 0 Å². The molecule has 0 saturated heterocycles. The molecule has 68 valence electrons. The van der Waals surface area contributed by atoms with E-state index in [-0.39, 0.29) is 0 Å².